The van der Waals surface area contributed by atoms with Crippen LogP contribution in [0.1, 0.15) is 45.1 Å². The third kappa shape index (κ3) is 2.66. The van der Waals surface area contributed by atoms with Gasteiger partial charge in [0, 0.05) is 6.92 Å². The first-order chi connectivity index (χ1) is 8.66. The quantitative estimate of drug-likeness (QED) is 0.766. The number of rotatable bonds is 4. The van der Waals surface area contributed by atoms with Crippen LogP contribution in [0.15, 0.2) is 24.3 Å². The Morgan fingerprint density at radius 1 is 1.22 bits per heavy atom. The van der Waals surface area contributed by atoms with Gasteiger partial charge in [0.1, 0.15) is 11.4 Å². The fraction of sp³-hybridized carbons (Fsp3) is 0.533. The van der Waals surface area contributed by atoms with E-state index in [4.69, 9.17) is 9.47 Å². The van der Waals surface area contributed by atoms with Crippen LogP contribution in [0.25, 0.3) is 0 Å². The van der Waals surface area contributed by atoms with E-state index in [2.05, 4.69) is 0 Å². The molecule has 0 atom stereocenters. The Kier molecular flexibility index (Phi) is 3.90. The van der Waals surface area contributed by atoms with Gasteiger partial charge in [0.15, 0.2) is 0 Å². The molecular formula is C15H20O3. The second-order valence-electron chi connectivity index (χ2n) is 4.75. The van der Waals surface area contributed by atoms with Crippen LogP contribution in [0.5, 0.6) is 5.75 Å². The molecule has 1 aromatic carbocycles. The van der Waals surface area contributed by atoms with Gasteiger partial charge in [-0.3, -0.25) is 4.79 Å². The number of benzene rings is 1. The number of hydrogen-bond donors (Lipinski definition) is 0. The normalized spacial score (nSPS) is 17.4. The Hall–Kier alpha value is -1.51. The highest BCUT2D eigenvalue weighted by Crippen LogP contribution is 2.42. The first kappa shape index (κ1) is 12.9. The largest absolute Gasteiger partial charge is 0.494 e. The van der Waals surface area contributed by atoms with Crippen molar-refractivity contribution in [3.8, 4) is 5.75 Å². The number of carbonyl (C=O) groups excluding carboxylic acids is 1. The van der Waals surface area contributed by atoms with Crippen LogP contribution in [0.2, 0.25) is 0 Å². The van der Waals surface area contributed by atoms with Crippen molar-refractivity contribution in [2.24, 2.45) is 0 Å². The summed E-state index contributed by atoms with van der Waals surface area (Å²) in [4.78, 5) is 11.3. The predicted molar refractivity (Wildman–Crippen MR) is 69.5 cm³/mol. The van der Waals surface area contributed by atoms with Crippen molar-refractivity contribution in [2.75, 3.05) is 6.61 Å². The molecule has 0 amide bonds. The van der Waals surface area contributed by atoms with Crippen LogP contribution >= 0.6 is 0 Å². The second kappa shape index (κ2) is 5.42. The molecule has 3 heteroatoms. The molecule has 1 fully saturated rings. The van der Waals surface area contributed by atoms with Gasteiger partial charge in [-0.2, -0.15) is 0 Å². The van der Waals surface area contributed by atoms with Crippen LogP contribution < -0.4 is 4.74 Å². The molecule has 0 spiro atoms. The van der Waals surface area contributed by atoms with Gasteiger partial charge < -0.3 is 9.47 Å². The lowest BCUT2D eigenvalue weighted by Gasteiger charge is -2.29. The molecule has 1 aliphatic carbocycles. The summed E-state index contributed by atoms with van der Waals surface area (Å²) in [6, 6.07) is 7.92. The minimum absolute atomic E-state index is 0.203. The van der Waals surface area contributed by atoms with E-state index in [-0.39, 0.29) is 5.97 Å². The second-order valence-corrected chi connectivity index (χ2v) is 4.75. The molecule has 0 aromatic heterocycles. The maximum Gasteiger partial charge on any atom is 0.303 e. The van der Waals surface area contributed by atoms with E-state index in [0.29, 0.717) is 6.61 Å². The SMILES string of the molecule is CCOc1ccc(C2(OC(C)=O)CCCC2)cc1. The van der Waals surface area contributed by atoms with Crippen molar-refractivity contribution >= 4 is 5.97 Å². The summed E-state index contributed by atoms with van der Waals surface area (Å²) in [6.45, 7) is 4.11. The molecule has 0 bridgehead atoms. The monoisotopic (exact) mass is 248 g/mol. The summed E-state index contributed by atoms with van der Waals surface area (Å²) in [6.07, 6.45) is 4.06. The van der Waals surface area contributed by atoms with Gasteiger partial charge in [-0.1, -0.05) is 12.1 Å². The Bertz CT molecular complexity index is 402. The molecule has 0 aliphatic heterocycles. The van der Waals surface area contributed by atoms with Crippen molar-refractivity contribution in [1.29, 1.82) is 0 Å². The van der Waals surface area contributed by atoms with Gasteiger partial charge in [0.2, 0.25) is 0 Å². The van der Waals surface area contributed by atoms with Crippen LogP contribution in [0.3, 0.4) is 0 Å². The van der Waals surface area contributed by atoms with Gasteiger partial charge in [0.05, 0.1) is 6.61 Å². The molecule has 1 saturated carbocycles. The predicted octanol–water partition coefficient (Wildman–Crippen LogP) is 3.42. The van der Waals surface area contributed by atoms with Crippen molar-refractivity contribution in [3.05, 3.63) is 29.8 Å². The molecular weight excluding hydrogens is 228 g/mol. The standard InChI is InChI=1S/C15H20O3/c1-3-17-14-8-6-13(7-9-14)15(18-12(2)16)10-4-5-11-15/h6-9H,3-5,10-11H2,1-2H3. The Labute approximate surface area is 108 Å². The van der Waals surface area contributed by atoms with Crippen LogP contribution in [-0.4, -0.2) is 12.6 Å². The maximum atomic E-state index is 11.3. The van der Waals surface area contributed by atoms with E-state index < -0.39 is 5.60 Å². The molecule has 0 N–H and O–H groups in total. The van der Waals surface area contributed by atoms with Crippen molar-refractivity contribution in [3.63, 3.8) is 0 Å². The Morgan fingerprint density at radius 2 is 1.83 bits per heavy atom. The first-order valence-corrected chi connectivity index (χ1v) is 6.59. The molecule has 3 nitrogen and oxygen atoms in total. The molecule has 0 unspecified atom stereocenters. The van der Waals surface area contributed by atoms with Crippen molar-refractivity contribution in [1.82, 2.24) is 0 Å². The first-order valence-electron chi connectivity index (χ1n) is 6.59. The third-order valence-corrected chi connectivity index (χ3v) is 3.44. The van der Waals surface area contributed by atoms with E-state index in [9.17, 15) is 4.79 Å². The van der Waals surface area contributed by atoms with Crippen LogP contribution in [0, 0.1) is 0 Å². The molecule has 0 radical (unpaired) electrons. The molecule has 0 heterocycles. The molecule has 1 aromatic rings. The number of ether oxygens (including phenoxy) is 2. The maximum absolute atomic E-state index is 11.3. The minimum atomic E-state index is -0.406. The molecule has 18 heavy (non-hydrogen) atoms. The number of carbonyl (C=O) groups is 1. The molecule has 98 valence electrons. The minimum Gasteiger partial charge on any atom is -0.494 e. The third-order valence-electron chi connectivity index (χ3n) is 3.44. The van der Waals surface area contributed by atoms with Crippen molar-refractivity contribution < 1.29 is 14.3 Å². The summed E-state index contributed by atoms with van der Waals surface area (Å²) in [7, 11) is 0. The highest BCUT2D eigenvalue weighted by molar-refractivity contribution is 5.67. The Balaban J connectivity index is 2.22. The molecule has 1 aliphatic rings. The zero-order valence-corrected chi connectivity index (χ0v) is 11.1. The summed E-state index contributed by atoms with van der Waals surface area (Å²) >= 11 is 0. The van der Waals surface area contributed by atoms with E-state index in [1.54, 1.807) is 0 Å². The number of esters is 1. The lowest BCUT2D eigenvalue weighted by molar-refractivity contribution is -0.157. The highest BCUT2D eigenvalue weighted by atomic mass is 16.6. The average Bonchev–Trinajstić information content (AvgIpc) is 2.79. The lowest BCUT2D eigenvalue weighted by Crippen LogP contribution is -2.28. The van der Waals surface area contributed by atoms with Gasteiger partial charge in [-0.25, -0.2) is 0 Å². The smallest absolute Gasteiger partial charge is 0.303 e. The van der Waals surface area contributed by atoms with E-state index in [0.717, 1.165) is 37.0 Å². The number of hydrogen-bond acceptors (Lipinski definition) is 3. The van der Waals surface area contributed by atoms with E-state index in [1.807, 2.05) is 31.2 Å². The van der Waals surface area contributed by atoms with Gasteiger partial charge in [-0.15, -0.1) is 0 Å². The van der Waals surface area contributed by atoms with Crippen LogP contribution in [0.4, 0.5) is 0 Å². The average molecular weight is 248 g/mol. The van der Waals surface area contributed by atoms with E-state index in [1.165, 1.54) is 6.92 Å². The zero-order valence-electron chi connectivity index (χ0n) is 11.1. The fourth-order valence-electron chi connectivity index (χ4n) is 2.69. The summed E-state index contributed by atoms with van der Waals surface area (Å²) in [5, 5.41) is 0. The fourth-order valence-corrected chi connectivity index (χ4v) is 2.69. The topological polar surface area (TPSA) is 35.5 Å². The summed E-state index contributed by atoms with van der Waals surface area (Å²) in [5.74, 6) is 0.656. The molecule has 2 rings (SSSR count). The highest BCUT2D eigenvalue weighted by Gasteiger charge is 2.38. The molecule has 0 saturated heterocycles. The van der Waals surface area contributed by atoms with Gasteiger partial charge in [0.25, 0.3) is 0 Å². The zero-order chi connectivity index (χ0) is 13.0. The summed E-state index contributed by atoms with van der Waals surface area (Å²) < 4.78 is 11.0. The van der Waals surface area contributed by atoms with Crippen LogP contribution in [-0.2, 0) is 15.1 Å². The van der Waals surface area contributed by atoms with Crippen molar-refractivity contribution in [2.45, 2.75) is 45.1 Å². The summed E-state index contributed by atoms with van der Waals surface area (Å²) in [5.41, 5.74) is 0.676. The van der Waals surface area contributed by atoms with Gasteiger partial charge >= 0.3 is 5.97 Å². The van der Waals surface area contributed by atoms with E-state index >= 15 is 0 Å². The van der Waals surface area contributed by atoms with Gasteiger partial charge in [-0.05, 0) is 50.3 Å². The lowest BCUT2D eigenvalue weighted by atomic mass is 9.92. The Morgan fingerprint density at radius 3 is 2.33 bits per heavy atom.